The van der Waals surface area contributed by atoms with Crippen molar-refractivity contribution >= 4 is 34.9 Å². The average Bonchev–Trinajstić information content (AvgIpc) is 2.28. The first kappa shape index (κ1) is 19.4. The third-order valence-corrected chi connectivity index (χ3v) is 2.47. The molecule has 8 heteroatoms. The molecular formula is C16H26N4O4. The molecule has 0 saturated carbocycles. The second-order valence-corrected chi connectivity index (χ2v) is 7.28. The van der Waals surface area contributed by atoms with Gasteiger partial charge in [0.15, 0.2) is 0 Å². The zero-order valence-electron chi connectivity index (χ0n) is 14.9. The molecule has 134 valence electrons. The Bertz CT molecular complexity index is 607. The Morgan fingerprint density at radius 1 is 0.833 bits per heavy atom. The molecule has 0 unspecified atom stereocenters. The lowest BCUT2D eigenvalue weighted by molar-refractivity contribution is 0.0624. The minimum atomic E-state index is -0.672. The molecule has 0 radical (unpaired) electrons. The maximum absolute atomic E-state index is 11.8. The molecule has 0 atom stereocenters. The average molecular weight is 338 g/mol. The molecule has 0 spiro atoms. The lowest BCUT2D eigenvalue weighted by atomic mass is 10.2. The van der Waals surface area contributed by atoms with Crippen LogP contribution in [0.4, 0.5) is 32.3 Å². The molecule has 0 aliphatic rings. The highest BCUT2D eigenvalue weighted by Gasteiger charge is 2.20. The van der Waals surface area contributed by atoms with Crippen molar-refractivity contribution in [3.05, 3.63) is 12.1 Å². The number of nitrogens with two attached hydrogens (primary N) is 2. The van der Waals surface area contributed by atoms with Crippen molar-refractivity contribution in [2.75, 3.05) is 22.1 Å². The van der Waals surface area contributed by atoms with Crippen molar-refractivity contribution in [1.82, 2.24) is 0 Å². The van der Waals surface area contributed by atoms with E-state index < -0.39 is 23.4 Å². The Morgan fingerprint density at radius 2 is 1.21 bits per heavy atom. The Hall–Kier alpha value is -2.64. The molecular weight excluding hydrogens is 312 g/mol. The Morgan fingerprint density at radius 3 is 1.58 bits per heavy atom. The van der Waals surface area contributed by atoms with Crippen molar-refractivity contribution < 1.29 is 19.1 Å². The molecule has 2 amide bonds. The van der Waals surface area contributed by atoms with Crippen LogP contribution in [-0.4, -0.2) is 23.4 Å². The van der Waals surface area contributed by atoms with Gasteiger partial charge in [0.1, 0.15) is 11.2 Å². The van der Waals surface area contributed by atoms with E-state index in [0.717, 1.165) is 0 Å². The Labute approximate surface area is 141 Å². The highest BCUT2D eigenvalue weighted by molar-refractivity contribution is 5.97. The highest BCUT2D eigenvalue weighted by atomic mass is 16.6. The number of carbonyl (C=O) groups is 2. The van der Waals surface area contributed by atoms with Crippen LogP contribution in [-0.2, 0) is 9.47 Å². The van der Waals surface area contributed by atoms with Gasteiger partial charge in [0.05, 0.1) is 17.1 Å². The first-order valence-corrected chi connectivity index (χ1v) is 7.46. The van der Waals surface area contributed by atoms with Gasteiger partial charge in [-0.2, -0.15) is 0 Å². The van der Waals surface area contributed by atoms with Crippen LogP contribution in [0.25, 0.3) is 0 Å². The van der Waals surface area contributed by atoms with Crippen LogP contribution in [0.15, 0.2) is 12.1 Å². The number of rotatable bonds is 2. The molecule has 0 heterocycles. The fraction of sp³-hybridized carbons (Fsp3) is 0.500. The van der Waals surface area contributed by atoms with Gasteiger partial charge in [-0.3, -0.25) is 10.6 Å². The van der Waals surface area contributed by atoms with Crippen LogP contribution in [0.3, 0.4) is 0 Å². The molecule has 1 aromatic rings. The normalized spacial score (nSPS) is 11.6. The van der Waals surface area contributed by atoms with E-state index in [9.17, 15) is 9.59 Å². The Kier molecular flexibility index (Phi) is 5.54. The third kappa shape index (κ3) is 6.64. The summed E-state index contributed by atoms with van der Waals surface area (Å²) in [5, 5.41) is 5.03. The van der Waals surface area contributed by atoms with E-state index in [-0.39, 0.29) is 17.1 Å². The van der Waals surface area contributed by atoms with Crippen LogP contribution in [0.1, 0.15) is 41.5 Å². The van der Waals surface area contributed by atoms with E-state index in [1.54, 1.807) is 41.5 Å². The smallest absolute Gasteiger partial charge is 0.412 e. The standard InChI is InChI=1S/C16H26N4O4/c1-15(2,3)23-13(21)19-9-7-10(17)12(11(18)8-9)20-14(22)24-16(4,5)6/h7-8H,17-18H2,1-6H3,(H,19,21)(H,20,22). The fourth-order valence-corrected chi connectivity index (χ4v) is 1.73. The van der Waals surface area contributed by atoms with Gasteiger partial charge in [-0.1, -0.05) is 0 Å². The van der Waals surface area contributed by atoms with Crippen molar-refractivity contribution in [2.45, 2.75) is 52.7 Å². The second-order valence-electron chi connectivity index (χ2n) is 7.28. The molecule has 0 aliphatic carbocycles. The minimum absolute atomic E-state index is 0.187. The SMILES string of the molecule is CC(C)(C)OC(=O)Nc1cc(N)c(NC(=O)OC(C)(C)C)c(N)c1. The highest BCUT2D eigenvalue weighted by Crippen LogP contribution is 2.31. The van der Waals surface area contributed by atoms with Gasteiger partial charge in [0.25, 0.3) is 0 Å². The first-order valence-electron chi connectivity index (χ1n) is 7.46. The largest absolute Gasteiger partial charge is 0.444 e. The number of anilines is 4. The Balaban J connectivity index is 2.86. The molecule has 1 aromatic carbocycles. The van der Waals surface area contributed by atoms with Crippen molar-refractivity contribution in [2.24, 2.45) is 0 Å². The predicted octanol–water partition coefficient (Wildman–Crippen LogP) is 3.55. The molecule has 0 aromatic heterocycles. The molecule has 6 N–H and O–H groups in total. The van der Waals surface area contributed by atoms with Crippen molar-refractivity contribution in [3.63, 3.8) is 0 Å². The molecule has 0 fully saturated rings. The van der Waals surface area contributed by atoms with Gasteiger partial charge >= 0.3 is 12.2 Å². The number of amides is 2. The summed E-state index contributed by atoms with van der Waals surface area (Å²) in [5.41, 5.74) is 11.5. The van der Waals surface area contributed by atoms with Gasteiger partial charge in [-0.15, -0.1) is 0 Å². The zero-order chi connectivity index (χ0) is 18.7. The lowest BCUT2D eigenvalue weighted by Crippen LogP contribution is -2.28. The number of hydrogen-bond donors (Lipinski definition) is 4. The van der Waals surface area contributed by atoms with E-state index in [2.05, 4.69) is 10.6 Å². The number of hydrogen-bond acceptors (Lipinski definition) is 6. The quantitative estimate of drug-likeness (QED) is 0.610. The van der Waals surface area contributed by atoms with Gasteiger partial charge in [0.2, 0.25) is 0 Å². The van der Waals surface area contributed by atoms with Crippen LogP contribution < -0.4 is 22.1 Å². The maximum Gasteiger partial charge on any atom is 0.412 e. The van der Waals surface area contributed by atoms with Crippen molar-refractivity contribution in [1.29, 1.82) is 0 Å². The van der Waals surface area contributed by atoms with Gasteiger partial charge < -0.3 is 20.9 Å². The summed E-state index contributed by atoms with van der Waals surface area (Å²) >= 11 is 0. The number of ether oxygens (including phenoxy) is 2. The van der Waals surface area contributed by atoms with Crippen molar-refractivity contribution in [3.8, 4) is 0 Å². The molecule has 0 aliphatic heterocycles. The lowest BCUT2D eigenvalue weighted by Gasteiger charge is -2.21. The topological polar surface area (TPSA) is 129 Å². The summed E-state index contributed by atoms with van der Waals surface area (Å²) in [6.07, 6.45) is -1.30. The fourth-order valence-electron chi connectivity index (χ4n) is 1.73. The van der Waals surface area contributed by atoms with Gasteiger partial charge in [0, 0.05) is 5.69 Å². The minimum Gasteiger partial charge on any atom is -0.444 e. The number of benzene rings is 1. The summed E-state index contributed by atoms with van der Waals surface area (Å²) in [5.74, 6) is 0. The van der Waals surface area contributed by atoms with Crippen LogP contribution in [0, 0.1) is 0 Å². The first-order chi connectivity index (χ1) is 10.8. The summed E-state index contributed by atoms with van der Waals surface area (Å²) in [6.45, 7) is 10.5. The maximum atomic E-state index is 11.8. The van der Waals surface area contributed by atoms with Gasteiger partial charge in [-0.05, 0) is 53.7 Å². The summed E-state index contributed by atoms with van der Waals surface area (Å²) in [6, 6.07) is 2.93. The summed E-state index contributed by atoms with van der Waals surface area (Å²) < 4.78 is 10.3. The van der Waals surface area contributed by atoms with E-state index >= 15 is 0 Å². The number of nitrogens with one attached hydrogen (secondary N) is 2. The molecule has 1 rings (SSSR count). The third-order valence-electron chi connectivity index (χ3n) is 2.47. The van der Waals surface area contributed by atoms with E-state index in [1.807, 2.05) is 0 Å². The van der Waals surface area contributed by atoms with Gasteiger partial charge in [-0.25, -0.2) is 9.59 Å². The number of carbonyl (C=O) groups excluding carboxylic acids is 2. The predicted molar refractivity (Wildman–Crippen MR) is 95.0 cm³/mol. The zero-order valence-corrected chi connectivity index (χ0v) is 14.9. The van der Waals surface area contributed by atoms with E-state index in [0.29, 0.717) is 5.69 Å². The van der Waals surface area contributed by atoms with Crippen LogP contribution in [0.2, 0.25) is 0 Å². The van der Waals surface area contributed by atoms with E-state index in [1.165, 1.54) is 12.1 Å². The number of nitrogen functional groups attached to an aromatic ring is 2. The van der Waals surface area contributed by atoms with Crippen LogP contribution >= 0.6 is 0 Å². The summed E-state index contributed by atoms with van der Waals surface area (Å²) in [4.78, 5) is 23.6. The van der Waals surface area contributed by atoms with E-state index in [4.69, 9.17) is 20.9 Å². The summed E-state index contributed by atoms with van der Waals surface area (Å²) in [7, 11) is 0. The molecule has 8 nitrogen and oxygen atoms in total. The molecule has 24 heavy (non-hydrogen) atoms. The molecule has 0 bridgehead atoms. The molecule has 0 saturated heterocycles. The van der Waals surface area contributed by atoms with Crippen LogP contribution in [0.5, 0.6) is 0 Å². The second kappa shape index (κ2) is 6.86. The monoisotopic (exact) mass is 338 g/mol.